The zero-order valence-electron chi connectivity index (χ0n) is 20.4. The third-order valence-corrected chi connectivity index (χ3v) is 5.94. The number of halogens is 1. The number of nitrogens with zero attached hydrogens (tertiary/aromatic N) is 3. The summed E-state index contributed by atoms with van der Waals surface area (Å²) in [6.45, 7) is 9.57. The van der Waals surface area contributed by atoms with Gasteiger partial charge < -0.3 is 14.6 Å². The summed E-state index contributed by atoms with van der Waals surface area (Å²) < 4.78 is 27.6. The van der Waals surface area contributed by atoms with Crippen molar-refractivity contribution in [2.45, 2.75) is 51.3 Å². The summed E-state index contributed by atoms with van der Waals surface area (Å²) >= 11 is 0. The van der Waals surface area contributed by atoms with Crippen molar-refractivity contribution in [3.63, 3.8) is 0 Å². The summed E-state index contributed by atoms with van der Waals surface area (Å²) in [5, 5.41) is 15.5. The Morgan fingerprint density at radius 3 is 2.63 bits per heavy atom. The largest absolute Gasteiger partial charge is 0.438 e. The summed E-state index contributed by atoms with van der Waals surface area (Å²) in [6, 6.07) is 16.3. The van der Waals surface area contributed by atoms with Gasteiger partial charge in [-0.05, 0) is 43.0 Å². The lowest BCUT2D eigenvalue weighted by Crippen LogP contribution is -2.36. The van der Waals surface area contributed by atoms with E-state index in [2.05, 4.69) is 25.3 Å². The molecule has 0 radical (unpaired) electrons. The molecule has 186 valence electrons. The van der Waals surface area contributed by atoms with Gasteiger partial charge in [0.1, 0.15) is 11.6 Å². The molecule has 4 rings (SSSR count). The van der Waals surface area contributed by atoms with E-state index in [1.165, 1.54) is 12.1 Å². The van der Waals surface area contributed by atoms with Gasteiger partial charge in [0.15, 0.2) is 0 Å². The molecule has 1 fully saturated rings. The molecule has 3 aromatic rings. The van der Waals surface area contributed by atoms with Crippen molar-refractivity contribution in [1.82, 2.24) is 14.7 Å². The van der Waals surface area contributed by atoms with Crippen molar-refractivity contribution in [3.8, 4) is 17.3 Å². The summed E-state index contributed by atoms with van der Waals surface area (Å²) in [7, 11) is 0. The number of para-hydroxylation sites is 1. The molecule has 1 aliphatic carbocycles. The third-order valence-electron chi connectivity index (χ3n) is 5.94. The molecule has 1 unspecified atom stereocenters. The Morgan fingerprint density at radius 1 is 1.20 bits per heavy atom. The topological polar surface area (TPSA) is 59.8 Å². The average Bonchev–Trinajstić information content (AvgIpc) is 3.63. The van der Waals surface area contributed by atoms with Crippen molar-refractivity contribution in [1.29, 1.82) is 0 Å². The van der Waals surface area contributed by atoms with Crippen molar-refractivity contribution < 1.29 is 19.0 Å². The van der Waals surface area contributed by atoms with Crippen LogP contribution in [0.15, 0.2) is 67.3 Å². The molecule has 1 aromatic heterocycles. The Bertz CT molecular complexity index is 1110. The minimum Gasteiger partial charge on any atom is -0.438 e. The standard InChI is InChI=1S/C28H34FN3O3/c1-4-15-34-19-24(33)17-31(22-13-14-22)18-26-27(20(2)3)30-32(23-10-6-5-7-11-23)28(26)35-25-12-8-9-21(29)16-25/h4-12,16,20,22,24,33H,1,13-15,17-19H2,2-3H3. The lowest BCUT2D eigenvalue weighted by molar-refractivity contribution is 0.0226. The summed E-state index contributed by atoms with van der Waals surface area (Å²) in [5.41, 5.74) is 2.73. The lowest BCUT2D eigenvalue weighted by Gasteiger charge is -2.25. The highest BCUT2D eigenvalue weighted by Gasteiger charge is 2.33. The first-order valence-electron chi connectivity index (χ1n) is 12.2. The van der Waals surface area contributed by atoms with Crippen molar-refractivity contribution >= 4 is 0 Å². The second-order valence-corrected chi connectivity index (χ2v) is 9.27. The van der Waals surface area contributed by atoms with Gasteiger partial charge in [0.25, 0.3) is 0 Å². The Balaban J connectivity index is 1.70. The van der Waals surface area contributed by atoms with E-state index < -0.39 is 6.10 Å². The first-order valence-corrected chi connectivity index (χ1v) is 12.2. The lowest BCUT2D eigenvalue weighted by atomic mass is 10.1. The molecule has 0 bridgehead atoms. The van der Waals surface area contributed by atoms with Gasteiger partial charge in [0, 0.05) is 25.2 Å². The van der Waals surface area contributed by atoms with Crippen LogP contribution < -0.4 is 4.74 Å². The maximum atomic E-state index is 14.0. The average molecular weight is 480 g/mol. The quantitative estimate of drug-likeness (QED) is 0.261. The fourth-order valence-electron chi connectivity index (χ4n) is 4.15. The molecule has 0 aliphatic heterocycles. The molecule has 7 heteroatoms. The maximum Gasteiger partial charge on any atom is 0.227 e. The first-order chi connectivity index (χ1) is 17.0. The van der Waals surface area contributed by atoms with Crippen LogP contribution in [0.2, 0.25) is 0 Å². The predicted octanol–water partition coefficient (Wildman–Crippen LogP) is 5.46. The molecule has 35 heavy (non-hydrogen) atoms. The molecular formula is C28H34FN3O3. The second kappa shape index (κ2) is 11.6. The first kappa shape index (κ1) is 25.1. The minimum absolute atomic E-state index is 0.145. The smallest absolute Gasteiger partial charge is 0.227 e. The molecule has 1 N–H and O–H groups in total. The fourth-order valence-corrected chi connectivity index (χ4v) is 4.15. The summed E-state index contributed by atoms with van der Waals surface area (Å²) in [4.78, 5) is 2.28. The van der Waals surface area contributed by atoms with Gasteiger partial charge in [-0.3, -0.25) is 4.90 Å². The molecule has 6 nitrogen and oxygen atoms in total. The number of aliphatic hydroxyl groups is 1. The molecule has 0 amide bonds. The van der Waals surface area contributed by atoms with E-state index in [9.17, 15) is 9.50 Å². The summed E-state index contributed by atoms with van der Waals surface area (Å²) in [6.07, 6.45) is 3.23. The Kier molecular flexibility index (Phi) is 8.33. The van der Waals surface area contributed by atoms with Gasteiger partial charge in [-0.15, -0.1) is 6.58 Å². The second-order valence-electron chi connectivity index (χ2n) is 9.27. The Labute approximate surface area is 206 Å². The minimum atomic E-state index is -0.616. The molecule has 2 aromatic carbocycles. The van der Waals surface area contributed by atoms with Crippen molar-refractivity contribution in [3.05, 3.63) is 84.3 Å². The highest BCUT2D eigenvalue weighted by atomic mass is 19.1. The van der Waals surface area contributed by atoms with Crippen LogP contribution in [0.5, 0.6) is 11.6 Å². The van der Waals surface area contributed by atoms with Gasteiger partial charge in [0.05, 0.1) is 36.3 Å². The molecule has 1 heterocycles. The number of hydrogen-bond acceptors (Lipinski definition) is 5. The van der Waals surface area contributed by atoms with Gasteiger partial charge in [-0.25, -0.2) is 9.07 Å². The molecule has 1 atom stereocenters. The van der Waals surface area contributed by atoms with Crippen molar-refractivity contribution in [2.24, 2.45) is 0 Å². The van der Waals surface area contributed by atoms with Crippen LogP contribution in [0.4, 0.5) is 4.39 Å². The molecule has 0 spiro atoms. The Morgan fingerprint density at radius 2 is 1.97 bits per heavy atom. The van der Waals surface area contributed by atoms with Crippen LogP contribution in [-0.4, -0.2) is 51.7 Å². The Hall–Kier alpha value is -3.00. The van der Waals surface area contributed by atoms with E-state index in [0.29, 0.717) is 37.4 Å². The number of hydrogen-bond donors (Lipinski definition) is 1. The van der Waals surface area contributed by atoms with E-state index in [-0.39, 0.29) is 18.3 Å². The van der Waals surface area contributed by atoms with E-state index in [1.807, 2.05) is 30.3 Å². The predicted molar refractivity (Wildman–Crippen MR) is 135 cm³/mol. The summed E-state index contributed by atoms with van der Waals surface area (Å²) in [5.74, 6) is 0.760. The molecule has 0 saturated heterocycles. The van der Waals surface area contributed by atoms with E-state index in [1.54, 1.807) is 22.9 Å². The van der Waals surface area contributed by atoms with E-state index in [0.717, 1.165) is 29.8 Å². The molecule has 1 saturated carbocycles. The van der Waals surface area contributed by atoms with Gasteiger partial charge in [0.2, 0.25) is 5.88 Å². The van der Waals surface area contributed by atoms with Crippen LogP contribution in [0.3, 0.4) is 0 Å². The zero-order valence-corrected chi connectivity index (χ0v) is 20.4. The van der Waals surface area contributed by atoms with Crippen LogP contribution in [0.25, 0.3) is 5.69 Å². The number of benzene rings is 2. The number of rotatable bonds is 13. The van der Waals surface area contributed by atoms with Crippen LogP contribution >= 0.6 is 0 Å². The van der Waals surface area contributed by atoms with Crippen molar-refractivity contribution in [2.75, 3.05) is 19.8 Å². The van der Waals surface area contributed by atoms with Crippen LogP contribution in [0.1, 0.15) is 43.9 Å². The maximum absolute atomic E-state index is 14.0. The monoisotopic (exact) mass is 479 g/mol. The zero-order chi connectivity index (χ0) is 24.8. The molecular weight excluding hydrogens is 445 g/mol. The van der Waals surface area contributed by atoms with Gasteiger partial charge in [-0.1, -0.05) is 44.2 Å². The van der Waals surface area contributed by atoms with E-state index >= 15 is 0 Å². The van der Waals surface area contributed by atoms with E-state index in [4.69, 9.17) is 14.6 Å². The molecule has 1 aliphatic rings. The van der Waals surface area contributed by atoms with Crippen LogP contribution in [-0.2, 0) is 11.3 Å². The van der Waals surface area contributed by atoms with Gasteiger partial charge in [-0.2, -0.15) is 5.10 Å². The highest BCUT2D eigenvalue weighted by Crippen LogP contribution is 2.37. The van der Waals surface area contributed by atoms with Crippen LogP contribution in [0, 0.1) is 5.82 Å². The number of ether oxygens (including phenoxy) is 2. The fraction of sp³-hybridized carbons (Fsp3) is 0.393. The third kappa shape index (κ3) is 6.57. The number of aliphatic hydroxyl groups excluding tert-OH is 1. The van der Waals surface area contributed by atoms with Gasteiger partial charge >= 0.3 is 0 Å². The number of aromatic nitrogens is 2. The SMILES string of the molecule is C=CCOCC(O)CN(Cc1c(C(C)C)nn(-c2ccccc2)c1Oc1cccc(F)c1)C1CC1. The normalized spacial score (nSPS) is 14.5. The highest BCUT2D eigenvalue weighted by molar-refractivity contribution is 5.44.